The molecule has 1 N–H and O–H groups in total. The lowest BCUT2D eigenvalue weighted by Gasteiger charge is -2.02. The van der Waals surface area contributed by atoms with Crippen LogP contribution in [0.4, 0.5) is 0 Å². The van der Waals surface area contributed by atoms with Gasteiger partial charge in [0.2, 0.25) is 5.88 Å². The summed E-state index contributed by atoms with van der Waals surface area (Å²) in [6, 6.07) is 5.70. The fraction of sp³-hybridized carbons (Fsp3) is 0.176. The lowest BCUT2D eigenvalue weighted by Crippen LogP contribution is -2.01. The van der Waals surface area contributed by atoms with Crippen LogP contribution in [0.15, 0.2) is 42.3 Å². The third-order valence-electron chi connectivity index (χ3n) is 3.75. The first kappa shape index (κ1) is 15.7. The molecule has 0 aliphatic heterocycles. The van der Waals surface area contributed by atoms with Crippen LogP contribution in [0.1, 0.15) is 0 Å². The molecule has 126 valence electrons. The predicted molar refractivity (Wildman–Crippen MR) is 95.4 cm³/mol. The number of aromatic hydroxyl groups is 1. The molecule has 4 rings (SSSR count). The average Bonchev–Trinajstić information content (AvgIpc) is 3.28. The van der Waals surface area contributed by atoms with E-state index in [9.17, 15) is 5.11 Å². The van der Waals surface area contributed by atoms with Gasteiger partial charge in [-0.25, -0.2) is 9.97 Å². The molecule has 0 spiro atoms. The maximum absolute atomic E-state index is 10.3. The molecular weight excluding hydrogens is 338 g/mol. The fourth-order valence-corrected chi connectivity index (χ4v) is 3.40. The lowest BCUT2D eigenvalue weighted by molar-refractivity contribution is 0.187. The van der Waals surface area contributed by atoms with Crippen molar-refractivity contribution >= 4 is 21.6 Å². The van der Waals surface area contributed by atoms with E-state index in [-0.39, 0.29) is 5.88 Å². The number of methoxy groups -OCH3 is 1. The van der Waals surface area contributed by atoms with E-state index in [1.54, 1.807) is 19.6 Å². The Bertz CT molecular complexity index is 1010. The second kappa shape index (κ2) is 6.58. The number of nitrogens with zero attached hydrogens (tertiary/aromatic N) is 5. The second-order valence-corrected chi connectivity index (χ2v) is 6.28. The number of pyridine rings is 1. The normalized spacial score (nSPS) is 11.2. The Morgan fingerprint density at radius 1 is 1.20 bits per heavy atom. The van der Waals surface area contributed by atoms with Crippen LogP contribution in [-0.2, 0) is 11.3 Å². The van der Waals surface area contributed by atoms with E-state index in [4.69, 9.17) is 4.74 Å². The molecule has 8 heteroatoms. The first-order valence-electron chi connectivity index (χ1n) is 7.67. The first-order chi connectivity index (χ1) is 12.3. The number of hydrogen-bond acceptors (Lipinski definition) is 7. The summed E-state index contributed by atoms with van der Waals surface area (Å²) in [6.45, 7) is 1.28. The first-order valence-corrected chi connectivity index (χ1v) is 8.55. The maximum Gasteiger partial charge on any atom is 0.233 e. The number of rotatable bonds is 5. The highest BCUT2D eigenvalue weighted by Gasteiger charge is 2.16. The molecule has 0 bridgehead atoms. The van der Waals surface area contributed by atoms with Crippen LogP contribution in [0, 0.1) is 0 Å². The zero-order valence-electron chi connectivity index (χ0n) is 13.5. The van der Waals surface area contributed by atoms with Crippen molar-refractivity contribution in [1.29, 1.82) is 0 Å². The summed E-state index contributed by atoms with van der Waals surface area (Å²) in [7, 11) is 1.66. The van der Waals surface area contributed by atoms with Crippen LogP contribution in [-0.4, -0.2) is 43.3 Å². The standard InChI is InChI=1S/C17H15N5O2S/c1-24-7-6-22-8-13(19-10-22)16-20-14-11(12-4-2-3-5-18-12)9-25-15(14)17(23)21-16/h2-5,8-10H,6-7H2,1H3,(H,20,21,23). The van der Waals surface area contributed by atoms with Gasteiger partial charge in [-0.3, -0.25) is 4.98 Å². The van der Waals surface area contributed by atoms with E-state index in [1.807, 2.05) is 34.3 Å². The topological polar surface area (TPSA) is 86.0 Å². The maximum atomic E-state index is 10.3. The third-order valence-corrected chi connectivity index (χ3v) is 4.72. The number of ether oxygens (including phenoxy) is 1. The summed E-state index contributed by atoms with van der Waals surface area (Å²) in [6.07, 6.45) is 5.27. The van der Waals surface area contributed by atoms with Crippen molar-refractivity contribution in [2.75, 3.05) is 13.7 Å². The van der Waals surface area contributed by atoms with Gasteiger partial charge in [0.05, 0.1) is 24.1 Å². The number of fused-ring (bicyclic) bond motifs is 1. The van der Waals surface area contributed by atoms with E-state index in [0.717, 1.165) is 11.3 Å². The van der Waals surface area contributed by atoms with Crippen molar-refractivity contribution in [2.45, 2.75) is 6.54 Å². The molecule has 4 aromatic heterocycles. The molecule has 0 saturated carbocycles. The molecule has 0 aliphatic rings. The zero-order chi connectivity index (χ0) is 17.2. The summed E-state index contributed by atoms with van der Waals surface area (Å²) < 4.78 is 7.61. The Hall–Kier alpha value is -2.84. The second-order valence-electron chi connectivity index (χ2n) is 5.40. The minimum atomic E-state index is -0.0429. The number of imidazole rings is 1. The van der Waals surface area contributed by atoms with Crippen LogP contribution >= 0.6 is 11.3 Å². The minimum Gasteiger partial charge on any atom is -0.492 e. The Morgan fingerprint density at radius 2 is 2.12 bits per heavy atom. The van der Waals surface area contributed by atoms with Crippen molar-refractivity contribution in [3.05, 3.63) is 42.3 Å². The molecular formula is C17H15N5O2S. The molecule has 25 heavy (non-hydrogen) atoms. The number of thiophene rings is 1. The Labute approximate surface area is 147 Å². The van der Waals surface area contributed by atoms with Gasteiger partial charge in [0.25, 0.3) is 0 Å². The van der Waals surface area contributed by atoms with Crippen molar-refractivity contribution < 1.29 is 9.84 Å². The highest BCUT2D eigenvalue weighted by Crippen LogP contribution is 2.36. The Morgan fingerprint density at radius 3 is 2.92 bits per heavy atom. The highest BCUT2D eigenvalue weighted by molar-refractivity contribution is 7.18. The van der Waals surface area contributed by atoms with Crippen molar-refractivity contribution in [1.82, 2.24) is 24.5 Å². The predicted octanol–water partition coefficient (Wildman–Crippen LogP) is 2.97. The quantitative estimate of drug-likeness (QED) is 0.594. The molecule has 0 saturated heterocycles. The van der Waals surface area contributed by atoms with Gasteiger partial charge in [-0.1, -0.05) is 6.07 Å². The van der Waals surface area contributed by atoms with Crippen LogP contribution in [0.3, 0.4) is 0 Å². The molecule has 7 nitrogen and oxygen atoms in total. The molecule has 0 unspecified atom stereocenters. The Balaban J connectivity index is 1.79. The van der Waals surface area contributed by atoms with Crippen LogP contribution in [0.5, 0.6) is 5.88 Å². The van der Waals surface area contributed by atoms with Crippen LogP contribution < -0.4 is 0 Å². The van der Waals surface area contributed by atoms with E-state index < -0.39 is 0 Å². The molecule has 0 radical (unpaired) electrons. The molecule has 4 aromatic rings. The Kier molecular flexibility index (Phi) is 4.12. The lowest BCUT2D eigenvalue weighted by atomic mass is 10.2. The molecule has 0 atom stereocenters. The van der Waals surface area contributed by atoms with E-state index in [1.165, 1.54) is 11.3 Å². The molecule has 0 amide bonds. The summed E-state index contributed by atoms with van der Waals surface area (Å²) in [5.74, 6) is 0.343. The van der Waals surface area contributed by atoms with E-state index in [2.05, 4.69) is 19.9 Å². The molecule has 0 aromatic carbocycles. The van der Waals surface area contributed by atoms with Crippen molar-refractivity contribution in [2.24, 2.45) is 0 Å². The SMILES string of the molecule is COCCn1cnc(-c2nc(O)c3scc(-c4ccccn4)c3n2)c1. The monoisotopic (exact) mass is 353 g/mol. The van der Waals surface area contributed by atoms with Gasteiger partial charge in [0, 0.05) is 37.0 Å². The van der Waals surface area contributed by atoms with Crippen LogP contribution in [0.25, 0.3) is 33.0 Å². The largest absolute Gasteiger partial charge is 0.492 e. The third kappa shape index (κ3) is 2.97. The highest BCUT2D eigenvalue weighted by atomic mass is 32.1. The minimum absolute atomic E-state index is 0.0429. The average molecular weight is 353 g/mol. The summed E-state index contributed by atoms with van der Waals surface area (Å²) in [5, 5.41) is 12.2. The zero-order valence-corrected chi connectivity index (χ0v) is 14.3. The van der Waals surface area contributed by atoms with Gasteiger partial charge in [-0.15, -0.1) is 11.3 Å². The smallest absolute Gasteiger partial charge is 0.233 e. The summed E-state index contributed by atoms with van der Waals surface area (Å²) >= 11 is 1.40. The van der Waals surface area contributed by atoms with Crippen LogP contribution in [0.2, 0.25) is 0 Å². The summed E-state index contributed by atoms with van der Waals surface area (Å²) in [4.78, 5) is 17.5. The van der Waals surface area contributed by atoms with Gasteiger partial charge >= 0.3 is 0 Å². The number of aromatic nitrogens is 5. The van der Waals surface area contributed by atoms with E-state index >= 15 is 0 Å². The van der Waals surface area contributed by atoms with Crippen molar-refractivity contribution in [3.63, 3.8) is 0 Å². The van der Waals surface area contributed by atoms with Gasteiger partial charge in [0.1, 0.15) is 10.4 Å². The van der Waals surface area contributed by atoms with E-state index in [0.29, 0.717) is 34.9 Å². The fourth-order valence-electron chi connectivity index (χ4n) is 2.52. The van der Waals surface area contributed by atoms with Gasteiger partial charge in [0.15, 0.2) is 5.82 Å². The molecule has 0 aliphatic carbocycles. The number of hydrogen-bond donors (Lipinski definition) is 1. The molecule has 4 heterocycles. The molecule has 0 fully saturated rings. The van der Waals surface area contributed by atoms with Gasteiger partial charge in [-0.05, 0) is 12.1 Å². The summed E-state index contributed by atoms with van der Waals surface area (Å²) in [5.41, 5.74) is 2.96. The van der Waals surface area contributed by atoms with Gasteiger partial charge in [-0.2, -0.15) is 4.98 Å². The van der Waals surface area contributed by atoms with Crippen molar-refractivity contribution in [3.8, 4) is 28.7 Å². The van der Waals surface area contributed by atoms with Gasteiger partial charge < -0.3 is 14.4 Å².